The van der Waals surface area contributed by atoms with E-state index in [1.807, 2.05) is 13.1 Å². The minimum Gasteiger partial charge on any atom is -0.316 e. The maximum absolute atomic E-state index is 12.9. The molecule has 2 aliphatic rings. The van der Waals surface area contributed by atoms with E-state index >= 15 is 0 Å². The van der Waals surface area contributed by atoms with Crippen molar-refractivity contribution in [2.24, 2.45) is 0 Å². The average molecular weight is 337 g/mol. The summed E-state index contributed by atoms with van der Waals surface area (Å²) in [5.74, 6) is -0.0495. The van der Waals surface area contributed by atoms with Gasteiger partial charge in [-0.2, -0.15) is 4.31 Å². The number of sulfonamides is 1. The number of amides is 1. The van der Waals surface area contributed by atoms with Crippen LogP contribution in [0.25, 0.3) is 0 Å². The Balaban J connectivity index is 1.92. The summed E-state index contributed by atoms with van der Waals surface area (Å²) >= 11 is 0. The summed E-state index contributed by atoms with van der Waals surface area (Å²) < 4.78 is 27.4. The van der Waals surface area contributed by atoms with Crippen LogP contribution in [0.3, 0.4) is 0 Å². The summed E-state index contributed by atoms with van der Waals surface area (Å²) in [5, 5.41) is 3.16. The minimum absolute atomic E-state index is 0.0495. The third-order valence-electron chi connectivity index (χ3n) is 4.76. The number of nitrogens with zero attached hydrogens (tertiary/aromatic N) is 2. The number of fused-ring (bicyclic) bond motifs is 1. The second kappa shape index (κ2) is 6.22. The Hall–Kier alpha value is -1.44. The lowest BCUT2D eigenvalue weighted by molar-refractivity contribution is -0.116. The molecule has 7 heteroatoms. The molecule has 0 spiro atoms. The van der Waals surface area contributed by atoms with E-state index in [2.05, 4.69) is 5.32 Å². The zero-order chi connectivity index (χ0) is 16.6. The van der Waals surface area contributed by atoms with E-state index in [4.69, 9.17) is 0 Å². The fourth-order valence-electron chi connectivity index (χ4n) is 3.39. The van der Waals surface area contributed by atoms with Gasteiger partial charge in [-0.1, -0.05) is 6.07 Å². The molecule has 2 aliphatic heterocycles. The van der Waals surface area contributed by atoms with Crippen LogP contribution >= 0.6 is 0 Å². The molecule has 1 saturated heterocycles. The summed E-state index contributed by atoms with van der Waals surface area (Å²) in [6.07, 6.45) is 2.63. The van der Waals surface area contributed by atoms with Gasteiger partial charge in [0.2, 0.25) is 15.9 Å². The molecule has 1 fully saturated rings. The monoisotopic (exact) mass is 337 g/mol. The smallest absolute Gasteiger partial charge is 0.243 e. The van der Waals surface area contributed by atoms with Gasteiger partial charge in [-0.3, -0.25) is 4.79 Å². The van der Waals surface area contributed by atoms with Crippen LogP contribution in [0.4, 0.5) is 5.69 Å². The molecule has 1 N–H and O–H groups in total. The molecule has 23 heavy (non-hydrogen) atoms. The Bertz CT molecular complexity index is 717. The summed E-state index contributed by atoms with van der Waals surface area (Å²) in [6.45, 7) is 3.18. The highest BCUT2D eigenvalue weighted by atomic mass is 32.2. The summed E-state index contributed by atoms with van der Waals surface area (Å²) in [4.78, 5) is 13.6. The number of anilines is 1. The van der Waals surface area contributed by atoms with Crippen molar-refractivity contribution in [1.82, 2.24) is 9.62 Å². The third kappa shape index (κ3) is 3.00. The van der Waals surface area contributed by atoms with Gasteiger partial charge in [0.25, 0.3) is 0 Å². The third-order valence-corrected chi connectivity index (χ3v) is 6.62. The van der Waals surface area contributed by atoms with Gasteiger partial charge in [-0.25, -0.2) is 8.42 Å². The van der Waals surface area contributed by atoms with E-state index in [1.54, 1.807) is 21.3 Å². The first-order valence-corrected chi connectivity index (χ1v) is 9.46. The van der Waals surface area contributed by atoms with Crippen molar-refractivity contribution < 1.29 is 13.2 Å². The van der Waals surface area contributed by atoms with Crippen molar-refractivity contribution in [3.8, 4) is 0 Å². The zero-order valence-corrected chi connectivity index (χ0v) is 14.4. The number of rotatable bonds is 3. The predicted molar refractivity (Wildman–Crippen MR) is 89.0 cm³/mol. The van der Waals surface area contributed by atoms with E-state index in [1.165, 1.54) is 6.92 Å². The van der Waals surface area contributed by atoms with Crippen molar-refractivity contribution in [2.75, 3.05) is 31.6 Å². The van der Waals surface area contributed by atoms with E-state index in [-0.39, 0.29) is 16.8 Å². The lowest BCUT2D eigenvalue weighted by Gasteiger charge is -2.31. The highest BCUT2D eigenvalue weighted by molar-refractivity contribution is 7.89. The molecule has 0 radical (unpaired) electrons. The van der Waals surface area contributed by atoms with Crippen LogP contribution in [-0.2, 0) is 21.2 Å². The number of likely N-dealkylation sites (N-methyl/N-ethyl adjacent to an activating group) is 1. The van der Waals surface area contributed by atoms with Gasteiger partial charge in [0.1, 0.15) is 0 Å². The van der Waals surface area contributed by atoms with E-state index in [0.717, 1.165) is 30.5 Å². The quantitative estimate of drug-likeness (QED) is 0.892. The van der Waals surface area contributed by atoms with Crippen LogP contribution in [0, 0.1) is 0 Å². The topological polar surface area (TPSA) is 69.7 Å². The lowest BCUT2D eigenvalue weighted by Crippen LogP contribution is -2.46. The maximum atomic E-state index is 12.9. The molecular formula is C16H23N3O3S. The predicted octanol–water partition coefficient (Wildman–Crippen LogP) is 0.968. The summed E-state index contributed by atoms with van der Waals surface area (Å²) in [6, 6.07) is 5.36. The Morgan fingerprint density at radius 1 is 1.30 bits per heavy atom. The van der Waals surface area contributed by atoms with Gasteiger partial charge >= 0.3 is 0 Å². The molecule has 0 bridgehead atoms. The molecule has 126 valence electrons. The number of carbonyl (C=O) groups is 1. The first-order valence-electron chi connectivity index (χ1n) is 8.02. The number of hydrogen-bond donors (Lipinski definition) is 1. The van der Waals surface area contributed by atoms with Gasteiger partial charge in [0.15, 0.2) is 0 Å². The number of carbonyl (C=O) groups excluding carboxylic acids is 1. The molecule has 2 heterocycles. The molecule has 1 amide bonds. The molecule has 3 rings (SSSR count). The molecule has 0 aromatic heterocycles. The van der Waals surface area contributed by atoms with Crippen LogP contribution in [0.15, 0.2) is 23.1 Å². The highest BCUT2D eigenvalue weighted by Crippen LogP contribution is 2.32. The minimum atomic E-state index is -3.52. The standard InChI is InChI=1S/C16H23N3O3S/c1-12(20)19-9-7-13-5-6-15(10-16(13)19)23(21,22)18-8-3-4-14(11-18)17-2/h5-6,10,14,17H,3-4,7-9,11H2,1-2H3/t14-/m0/s1. The SMILES string of the molecule is CN[C@H]1CCCN(S(=O)(=O)c2ccc3c(c2)N(C(C)=O)CC3)C1. The van der Waals surface area contributed by atoms with E-state index < -0.39 is 10.0 Å². The Labute approximate surface area is 137 Å². The molecule has 0 saturated carbocycles. The Kier molecular flexibility index (Phi) is 4.44. The Morgan fingerprint density at radius 3 is 2.78 bits per heavy atom. The fourth-order valence-corrected chi connectivity index (χ4v) is 4.94. The first kappa shape index (κ1) is 16.4. The molecule has 1 aromatic rings. The molecule has 1 aromatic carbocycles. The van der Waals surface area contributed by atoms with Crippen molar-refractivity contribution >= 4 is 21.6 Å². The largest absolute Gasteiger partial charge is 0.316 e. The molecule has 6 nitrogen and oxygen atoms in total. The van der Waals surface area contributed by atoms with Gasteiger partial charge in [0, 0.05) is 38.3 Å². The van der Waals surface area contributed by atoms with Crippen molar-refractivity contribution in [1.29, 1.82) is 0 Å². The van der Waals surface area contributed by atoms with Crippen molar-refractivity contribution in [2.45, 2.75) is 37.1 Å². The van der Waals surface area contributed by atoms with E-state index in [0.29, 0.717) is 19.6 Å². The van der Waals surface area contributed by atoms with E-state index in [9.17, 15) is 13.2 Å². The molecule has 0 unspecified atom stereocenters. The van der Waals surface area contributed by atoms with Gasteiger partial charge in [-0.15, -0.1) is 0 Å². The van der Waals surface area contributed by atoms with Gasteiger partial charge < -0.3 is 10.2 Å². The van der Waals surface area contributed by atoms with Crippen LogP contribution in [0.5, 0.6) is 0 Å². The zero-order valence-electron chi connectivity index (χ0n) is 13.6. The average Bonchev–Trinajstić information content (AvgIpc) is 2.98. The normalized spacial score (nSPS) is 22.2. The van der Waals surface area contributed by atoms with Crippen LogP contribution in [-0.4, -0.2) is 51.4 Å². The van der Waals surface area contributed by atoms with Gasteiger partial charge in [0.05, 0.1) is 4.90 Å². The maximum Gasteiger partial charge on any atom is 0.243 e. The molecule has 1 atom stereocenters. The van der Waals surface area contributed by atoms with Crippen molar-refractivity contribution in [3.05, 3.63) is 23.8 Å². The fraction of sp³-hybridized carbons (Fsp3) is 0.562. The highest BCUT2D eigenvalue weighted by Gasteiger charge is 2.31. The number of nitrogens with one attached hydrogen (secondary N) is 1. The second-order valence-electron chi connectivity index (χ2n) is 6.20. The van der Waals surface area contributed by atoms with Crippen LogP contribution in [0.2, 0.25) is 0 Å². The van der Waals surface area contributed by atoms with Crippen LogP contribution in [0.1, 0.15) is 25.3 Å². The number of benzene rings is 1. The van der Waals surface area contributed by atoms with Crippen molar-refractivity contribution in [3.63, 3.8) is 0 Å². The summed E-state index contributed by atoms with van der Waals surface area (Å²) in [5.41, 5.74) is 1.77. The number of hydrogen-bond acceptors (Lipinski definition) is 4. The second-order valence-corrected chi connectivity index (χ2v) is 8.14. The van der Waals surface area contributed by atoms with Gasteiger partial charge in [-0.05, 0) is 44.0 Å². The summed E-state index contributed by atoms with van der Waals surface area (Å²) in [7, 11) is -1.66. The Morgan fingerprint density at radius 2 is 2.09 bits per heavy atom. The van der Waals surface area contributed by atoms with Crippen LogP contribution < -0.4 is 10.2 Å². The lowest BCUT2D eigenvalue weighted by atomic mass is 10.1. The first-order chi connectivity index (χ1) is 10.9. The molecular weight excluding hydrogens is 314 g/mol. The molecule has 0 aliphatic carbocycles. The number of piperidine rings is 1.